The zero-order valence-electron chi connectivity index (χ0n) is 10.3. The quantitative estimate of drug-likeness (QED) is 0.871. The Kier molecular flexibility index (Phi) is 4.84. The number of carboxylic acids is 1. The molecule has 0 fully saturated rings. The van der Waals surface area contributed by atoms with E-state index >= 15 is 0 Å². The fourth-order valence-corrected chi connectivity index (χ4v) is 3.69. The van der Waals surface area contributed by atoms with Gasteiger partial charge in [-0.2, -0.15) is 0 Å². The first-order chi connectivity index (χ1) is 8.53. The molecule has 1 aromatic rings. The summed E-state index contributed by atoms with van der Waals surface area (Å²) in [6.45, 7) is 2.94. The largest absolute Gasteiger partial charge is 0.481 e. The summed E-state index contributed by atoms with van der Waals surface area (Å²) in [6.07, 6.45) is -0.357. The number of sulfonamides is 1. The molecule has 0 bridgehead atoms. The summed E-state index contributed by atoms with van der Waals surface area (Å²) >= 11 is 11.6. The molecule has 0 aliphatic carbocycles. The first-order valence-electron chi connectivity index (χ1n) is 5.24. The van der Waals surface area contributed by atoms with E-state index in [1.807, 2.05) is 0 Å². The van der Waals surface area contributed by atoms with Gasteiger partial charge >= 0.3 is 5.97 Å². The van der Waals surface area contributed by atoms with Gasteiger partial charge < -0.3 is 5.11 Å². The summed E-state index contributed by atoms with van der Waals surface area (Å²) < 4.78 is 26.6. The van der Waals surface area contributed by atoms with E-state index in [-0.39, 0.29) is 21.4 Å². The van der Waals surface area contributed by atoms with Gasteiger partial charge in [0.15, 0.2) is 0 Å². The average molecular weight is 326 g/mol. The van der Waals surface area contributed by atoms with E-state index in [9.17, 15) is 13.2 Å². The minimum Gasteiger partial charge on any atom is -0.481 e. The van der Waals surface area contributed by atoms with Crippen molar-refractivity contribution in [1.29, 1.82) is 0 Å². The Balaban J connectivity index is 3.11. The number of carbonyl (C=O) groups is 1. The molecule has 0 unspecified atom stereocenters. The fraction of sp³-hybridized carbons (Fsp3) is 0.364. The van der Waals surface area contributed by atoms with Crippen molar-refractivity contribution in [2.45, 2.75) is 30.7 Å². The second-order valence-electron chi connectivity index (χ2n) is 4.63. The summed E-state index contributed by atoms with van der Waals surface area (Å²) in [7, 11) is -3.95. The molecule has 0 heterocycles. The van der Waals surface area contributed by atoms with Crippen molar-refractivity contribution in [1.82, 2.24) is 4.72 Å². The lowest BCUT2D eigenvalue weighted by Crippen LogP contribution is -2.44. The predicted molar refractivity (Wildman–Crippen MR) is 73.1 cm³/mol. The van der Waals surface area contributed by atoms with Crippen LogP contribution >= 0.6 is 23.2 Å². The van der Waals surface area contributed by atoms with Crippen molar-refractivity contribution in [2.75, 3.05) is 0 Å². The number of rotatable bonds is 5. The van der Waals surface area contributed by atoms with Crippen molar-refractivity contribution >= 4 is 39.2 Å². The van der Waals surface area contributed by atoms with E-state index in [0.717, 1.165) is 0 Å². The molecular formula is C11H13Cl2NO4S. The third kappa shape index (κ3) is 4.65. The maximum absolute atomic E-state index is 12.2. The molecule has 5 nitrogen and oxygen atoms in total. The molecule has 0 saturated carbocycles. The fourth-order valence-electron chi connectivity index (χ4n) is 1.52. The molecule has 1 aromatic carbocycles. The molecule has 0 amide bonds. The number of nitrogens with one attached hydrogen (secondary N) is 1. The molecule has 1 rings (SSSR count). The standard InChI is InChI=1S/C11H13Cl2NO4S/c1-11(2,6-10(15)16)14-19(17,18)9-5-7(12)3-4-8(9)13/h3-5,14H,6H2,1-2H3,(H,15,16). The van der Waals surface area contributed by atoms with Gasteiger partial charge in [-0.1, -0.05) is 23.2 Å². The van der Waals surface area contributed by atoms with Gasteiger partial charge in [-0.05, 0) is 32.0 Å². The van der Waals surface area contributed by atoms with Gasteiger partial charge in [-0.15, -0.1) is 0 Å². The van der Waals surface area contributed by atoms with Crippen LogP contribution in [0.2, 0.25) is 10.0 Å². The predicted octanol–water partition coefficient (Wildman–Crippen LogP) is 2.53. The lowest BCUT2D eigenvalue weighted by molar-refractivity contribution is -0.138. The highest BCUT2D eigenvalue weighted by Gasteiger charge is 2.29. The van der Waals surface area contributed by atoms with Crippen molar-refractivity contribution in [3.8, 4) is 0 Å². The van der Waals surface area contributed by atoms with Crippen LogP contribution in [0.15, 0.2) is 23.1 Å². The van der Waals surface area contributed by atoms with E-state index in [2.05, 4.69) is 4.72 Å². The zero-order chi connectivity index (χ0) is 14.8. The molecule has 106 valence electrons. The van der Waals surface area contributed by atoms with Crippen LogP contribution < -0.4 is 4.72 Å². The van der Waals surface area contributed by atoms with Crippen LogP contribution in [0, 0.1) is 0 Å². The van der Waals surface area contributed by atoms with E-state index in [4.69, 9.17) is 28.3 Å². The minimum absolute atomic E-state index is 0.0167. The Morgan fingerprint density at radius 2 is 1.95 bits per heavy atom. The molecule has 0 saturated heterocycles. The SMILES string of the molecule is CC(C)(CC(=O)O)NS(=O)(=O)c1cc(Cl)ccc1Cl. The van der Waals surface area contributed by atoms with E-state index in [1.54, 1.807) is 0 Å². The maximum atomic E-state index is 12.2. The van der Waals surface area contributed by atoms with E-state index < -0.39 is 21.5 Å². The molecule has 0 aliphatic heterocycles. The lowest BCUT2D eigenvalue weighted by atomic mass is 10.0. The highest BCUT2D eigenvalue weighted by Crippen LogP contribution is 2.26. The first-order valence-corrected chi connectivity index (χ1v) is 7.48. The molecule has 19 heavy (non-hydrogen) atoms. The van der Waals surface area contributed by atoms with Gasteiger partial charge in [0.1, 0.15) is 4.90 Å². The number of halogens is 2. The minimum atomic E-state index is -3.95. The van der Waals surface area contributed by atoms with Gasteiger partial charge in [-0.3, -0.25) is 4.79 Å². The first kappa shape index (κ1) is 16.2. The Hall–Kier alpha value is -0.820. The van der Waals surface area contributed by atoms with Gasteiger partial charge in [0.2, 0.25) is 10.0 Å². The number of benzene rings is 1. The highest BCUT2D eigenvalue weighted by molar-refractivity contribution is 7.89. The molecule has 0 spiro atoms. The smallest absolute Gasteiger partial charge is 0.305 e. The Labute approximate surface area is 121 Å². The van der Waals surface area contributed by atoms with Crippen molar-refractivity contribution in [3.63, 3.8) is 0 Å². The Morgan fingerprint density at radius 3 is 2.47 bits per heavy atom. The molecular weight excluding hydrogens is 313 g/mol. The average Bonchev–Trinajstić information content (AvgIpc) is 2.17. The van der Waals surface area contributed by atoms with E-state index in [1.165, 1.54) is 32.0 Å². The third-order valence-electron chi connectivity index (χ3n) is 2.19. The second kappa shape index (κ2) is 5.66. The monoisotopic (exact) mass is 325 g/mol. The Morgan fingerprint density at radius 1 is 1.37 bits per heavy atom. The number of hydrogen-bond acceptors (Lipinski definition) is 3. The number of hydrogen-bond donors (Lipinski definition) is 2. The second-order valence-corrected chi connectivity index (χ2v) is 7.13. The molecule has 2 N–H and O–H groups in total. The van der Waals surface area contributed by atoms with Crippen LogP contribution in [0.4, 0.5) is 0 Å². The summed E-state index contributed by atoms with van der Waals surface area (Å²) in [5, 5.41) is 8.97. The molecule has 0 atom stereocenters. The van der Waals surface area contributed by atoms with Crippen LogP contribution in [0.5, 0.6) is 0 Å². The van der Waals surface area contributed by atoms with Gasteiger partial charge in [-0.25, -0.2) is 13.1 Å². The maximum Gasteiger partial charge on any atom is 0.305 e. The lowest BCUT2D eigenvalue weighted by Gasteiger charge is -2.24. The molecule has 0 aliphatic rings. The van der Waals surface area contributed by atoms with Gasteiger partial charge in [0.25, 0.3) is 0 Å². The molecule has 8 heteroatoms. The summed E-state index contributed by atoms with van der Waals surface area (Å²) in [5.74, 6) is -1.11. The van der Waals surface area contributed by atoms with Crippen LogP contribution in [0.25, 0.3) is 0 Å². The van der Waals surface area contributed by atoms with Crippen LogP contribution in [0.3, 0.4) is 0 Å². The number of carboxylic acid groups (broad SMARTS) is 1. The van der Waals surface area contributed by atoms with Gasteiger partial charge in [0, 0.05) is 10.6 Å². The van der Waals surface area contributed by atoms with Crippen molar-refractivity contribution in [2.24, 2.45) is 0 Å². The van der Waals surface area contributed by atoms with Crippen molar-refractivity contribution in [3.05, 3.63) is 28.2 Å². The van der Waals surface area contributed by atoms with Crippen LogP contribution in [-0.2, 0) is 14.8 Å². The topological polar surface area (TPSA) is 83.5 Å². The zero-order valence-corrected chi connectivity index (χ0v) is 12.6. The summed E-state index contributed by atoms with van der Waals surface area (Å²) in [4.78, 5) is 10.5. The van der Waals surface area contributed by atoms with E-state index in [0.29, 0.717) is 0 Å². The van der Waals surface area contributed by atoms with Crippen LogP contribution in [-0.4, -0.2) is 25.0 Å². The summed E-state index contributed by atoms with van der Waals surface area (Å²) in [5.41, 5.74) is -1.14. The molecule has 0 radical (unpaired) electrons. The molecule has 0 aromatic heterocycles. The summed E-state index contributed by atoms with van der Waals surface area (Å²) in [6, 6.07) is 4.04. The van der Waals surface area contributed by atoms with Crippen LogP contribution in [0.1, 0.15) is 20.3 Å². The normalized spacial score (nSPS) is 12.4. The van der Waals surface area contributed by atoms with Crippen molar-refractivity contribution < 1.29 is 18.3 Å². The van der Waals surface area contributed by atoms with Gasteiger partial charge in [0.05, 0.1) is 11.4 Å². The highest BCUT2D eigenvalue weighted by atomic mass is 35.5. The Bertz CT molecular complexity index is 599. The third-order valence-corrected chi connectivity index (χ3v) is 4.60. The number of aliphatic carboxylic acids is 1.